The molecule has 0 radical (unpaired) electrons. The van der Waals surface area contributed by atoms with Crippen LogP contribution in [0.15, 0.2) is 45.6 Å². The average Bonchev–Trinajstić information content (AvgIpc) is 2.50. The first-order chi connectivity index (χ1) is 10.8. The number of ketones is 1. The van der Waals surface area contributed by atoms with Crippen LogP contribution in [0.2, 0.25) is 0 Å². The minimum atomic E-state index is -1.18. The van der Waals surface area contributed by atoms with Gasteiger partial charge in [0, 0.05) is 18.4 Å². The molecule has 0 spiro atoms. The Hall–Kier alpha value is -2.89. The van der Waals surface area contributed by atoms with Crippen molar-refractivity contribution >= 4 is 22.7 Å². The van der Waals surface area contributed by atoms with E-state index >= 15 is 0 Å². The third-order valence-corrected chi connectivity index (χ3v) is 3.19. The van der Waals surface area contributed by atoms with Crippen LogP contribution >= 0.6 is 0 Å². The quantitative estimate of drug-likeness (QED) is 0.365. The predicted octanol–water partition coefficient (Wildman–Crippen LogP) is 2.49. The fraction of sp³-hybridized carbons (Fsp3) is 0.235. The van der Waals surface area contributed by atoms with Crippen LogP contribution in [0.3, 0.4) is 0 Å². The van der Waals surface area contributed by atoms with Gasteiger partial charge in [-0.2, -0.15) is 0 Å². The molecule has 6 nitrogen and oxygen atoms in total. The maximum absolute atomic E-state index is 12.8. The fourth-order valence-electron chi connectivity index (χ4n) is 2.19. The van der Waals surface area contributed by atoms with Gasteiger partial charge in [0.2, 0.25) is 5.78 Å². The van der Waals surface area contributed by atoms with Gasteiger partial charge in [-0.05, 0) is 30.7 Å². The molecule has 1 heterocycles. The Labute approximate surface area is 132 Å². The van der Waals surface area contributed by atoms with E-state index < -0.39 is 23.5 Å². The van der Waals surface area contributed by atoms with Gasteiger partial charge in [-0.15, -0.1) is 0 Å². The van der Waals surface area contributed by atoms with E-state index in [2.05, 4.69) is 6.58 Å². The Balaban J connectivity index is 2.70. The van der Waals surface area contributed by atoms with Crippen molar-refractivity contribution in [3.63, 3.8) is 0 Å². The van der Waals surface area contributed by atoms with Gasteiger partial charge < -0.3 is 13.9 Å². The molecule has 0 fully saturated rings. The first-order valence-electron chi connectivity index (χ1n) is 6.83. The number of Topliss-reactive ketones (excluding diaryl/α,β-unsaturated/α-hetero) is 1. The van der Waals surface area contributed by atoms with Crippen molar-refractivity contribution in [3.8, 4) is 5.75 Å². The average molecular weight is 316 g/mol. The molecule has 0 aliphatic rings. The van der Waals surface area contributed by atoms with Crippen molar-refractivity contribution < 1.29 is 23.5 Å². The molecular formula is C17H16O6. The molecule has 23 heavy (non-hydrogen) atoms. The van der Waals surface area contributed by atoms with E-state index in [1.54, 1.807) is 25.1 Å². The van der Waals surface area contributed by atoms with Crippen molar-refractivity contribution in [1.29, 1.82) is 0 Å². The van der Waals surface area contributed by atoms with E-state index in [0.29, 0.717) is 11.0 Å². The summed E-state index contributed by atoms with van der Waals surface area (Å²) in [5.74, 6) is -0.966. The van der Waals surface area contributed by atoms with Crippen molar-refractivity contribution in [2.75, 3.05) is 7.11 Å². The first-order valence-corrected chi connectivity index (χ1v) is 6.83. The molecule has 0 unspecified atom stereocenters. The topological polar surface area (TPSA) is 82.8 Å². The van der Waals surface area contributed by atoms with Gasteiger partial charge in [0.1, 0.15) is 11.3 Å². The van der Waals surface area contributed by atoms with Crippen LogP contribution < -0.4 is 10.4 Å². The summed E-state index contributed by atoms with van der Waals surface area (Å²) in [6.07, 6.45) is -1.18. The molecule has 0 saturated heterocycles. The smallest absolute Gasteiger partial charge is 0.336 e. The zero-order valence-corrected chi connectivity index (χ0v) is 13.0. The molecular weight excluding hydrogens is 300 g/mol. The number of ether oxygens (including phenoxy) is 2. The lowest BCUT2D eigenvalue weighted by molar-refractivity contribution is -0.142. The second kappa shape index (κ2) is 6.48. The largest absolute Gasteiger partial charge is 0.496 e. The summed E-state index contributed by atoms with van der Waals surface area (Å²) in [7, 11) is 1.39. The van der Waals surface area contributed by atoms with Crippen LogP contribution in [0.25, 0.3) is 11.0 Å². The van der Waals surface area contributed by atoms with Crippen molar-refractivity contribution in [3.05, 3.63) is 52.4 Å². The molecule has 0 amide bonds. The van der Waals surface area contributed by atoms with Gasteiger partial charge in [0.15, 0.2) is 11.7 Å². The Bertz CT molecular complexity index is 846. The van der Waals surface area contributed by atoms with E-state index in [-0.39, 0.29) is 16.9 Å². The van der Waals surface area contributed by atoms with Gasteiger partial charge in [0.25, 0.3) is 0 Å². The lowest BCUT2D eigenvalue weighted by atomic mass is 9.98. The second-order valence-corrected chi connectivity index (χ2v) is 5.02. The minimum absolute atomic E-state index is 0.0388. The lowest BCUT2D eigenvalue weighted by Crippen LogP contribution is -2.28. The highest BCUT2D eigenvalue weighted by atomic mass is 16.5. The summed E-state index contributed by atoms with van der Waals surface area (Å²) in [6, 6.07) is 6.04. The molecule has 0 N–H and O–H groups in total. The molecule has 1 aromatic carbocycles. The van der Waals surface area contributed by atoms with E-state index in [0.717, 1.165) is 0 Å². The molecule has 0 aliphatic heterocycles. The number of rotatable bonds is 5. The van der Waals surface area contributed by atoms with Crippen LogP contribution in [-0.4, -0.2) is 25.0 Å². The monoisotopic (exact) mass is 316 g/mol. The normalized spacial score (nSPS) is 11.8. The zero-order chi connectivity index (χ0) is 17.1. The summed E-state index contributed by atoms with van der Waals surface area (Å²) in [5, 5.41) is 0.553. The summed E-state index contributed by atoms with van der Waals surface area (Å²) in [5.41, 5.74) is -0.126. The maximum atomic E-state index is 12.8. The van der Waals surface area contributed by atoms with Gasteiger partial charge in [0.05, 0.1) is 7.11 Å². The molecule has 0 saturated carbocycles. The number of benzene rings is 1. The van der Waals surface area contributed by atoms with Crippen LogP contribution in [-0.2, 0) is 9.53 Å². The summed E-state index contributed by atoms with van der Waals surface area (Å²) in [6.45, 7) is 6.44. The molecule has 1 aromatic heterocycles. The van der Waals surface area contributed by atoms with Gasteiger partial charge >= 0.3 is 11.6 Å². The van der Waals surface area contributed by atoms with E-state index in [4.69, 9.17) is 13.9 Å². The summed E-state index contributed by atoms with van der Waals surface area (Å²) >= 11 is 0. The standard InChI is InChI=1S/C17H16O6/c1-9(2)16(22-10(3)18)15(20)14-12(21-4)7-5-11-6-8-13(19)23-17(11)14/h5-8,16H,1H2,2-4H3/t16-/m1/s1. The molecule has 2 rings (SSSR count). The van der Waals surface area contributed by atoms with E-state index in [1.807, 2.05) is 0 Å². The minimum Gasteiger partial charge on any atom is -0.496 e. The first kappa shape index (κ1) is 16.5. The molecule has 2 aromatic rings. The highest BCUT2D eigenvalue weighted by molar-refractivity contribution is 6.12. The molecule has 0 aliphatic carbocycles. The van der Waals surface area contributed by atoms with Gasteiger partial charge in [-0.1, -0.05) is 6.58 Å². The number of carbonyl (C=O) groups is 2. The van der Waals surface area contributed by atoms with Gasteiger partial charge in [-0.3, -0.25) is 9.59 Å². The fourth-order valence-corrected chi connectivity index (χ4v) is 2.19. The maximum Gasteiger partial charge on any atom is 0.336 e. The predicted molar refractivity (Wildman–Crippen MR) is 83.7 cm³/mol. The van der Waals surface area contributed by atoms with Crippen molar-refractivity contribution in [2.24, 2.45) is 0 Å². The number of esters is 1. The molecule has 120 valence electrons. The highest BCUT2D eigenvalue weighted by Gasteiger charge is 2.29. The molecule has 6 heteroatoms. The number of hydrogen-bond acceptors (Lipinski definition) is 6. The van der Waals surface area contributed by atoms with Crippen LogP contribution in [0, 0.1) is 0 Å². The Morgan fingerprint density at radius 2 is 1.83 bits per heavy atom. The van der Waals surface area contributed by atoms with Crippen LogP contribution in [0.5, 0.6) is 5.75 Å². The van der Waals surface area contributed by atoms with Crippen LogP contribution in [0.4, 0.5) is 0 Å². The van der Waals surface area contributed by atoms with E-state index in [9.17, 15) is 14.4 Å². The third kappa shape index (κ3) is 3.31. The number of methoxy groups -OCH3 is 1. The number of fused-ring (bicyclic) bond motifs is 1. The summed E-state index contributed by atoms with van der Waals surface area (Å²) in [4.78, 5) is 35.6. The van der Waals surface area contributed by atoms with Gasteiger partial charge in [-0.25, -0.2) is 4.79 Å². The third-order valence-electron chi connectivity index (χ3n) is 3.19. The van der Waals surface area contributed by atoms with Crippen LogP contribution in [0.1, 0.15) is 24.2 Å². The summed E-state index contributed by atoms with van der Waals surface area (Å²) < 4.78 is 15.4. The van der Waals surface area contributed by atoms with E-state index in [1.165, 1.54) is 20.1 Å². The SMILES string of the molecule is C=C(C)[C@@H](OC(C)=O)C(=O)c1c(OC)ccc2ccc(=O)oc12. The second-order valence-electron chi connectivity index (χ2n) is 5.02. The number of carbonyl (C=O) groups excluding carboxylic acids is 2. The lowest BCUT2D eigenvalue weighted by Gasteiger charge is -2.18. The van der Waals surface area contributed by atoms with Crippen molar-refractivity contribution in [2.45, 2.75) is 20.0 Å². The molecule has 1 atom stereocenters. The highest BCUT2D eigenvalue weighted by Crippen LogP contribution is 2.30. The van der Waals surface area contributed by atoms with Crippen molar-refractivity contribution in [1.82, 2.24) is 0 Å². The Morgan fingerprint density at radius 1 is 1.17 bits per heavy atom. The number of hydrogen-bond donors (Lipinski definition) is 0. The molecule has 0 bridgehead atoms. The Kier molecular flexibility index (Phi) is 4.64. The zero-order valence-electron chi connectivity index (χ0n) is 13.0. The Morgan fingerprint density at radius 3 is 2.39 bits per heavy atom.